The van der Waals surface area contributed by atoms with Crippen LogP contribution in [0.5, 0.6) is 0 Å². The second kappa shape index (κ2) is 11.8. The highest BCUT2D eigenvalue weighted by Gasteiger charge is 2.35. The molecular formula is C25H34FIN4O. The highest BCUT2D eigenvalue weighted by atomic mass is 127. The van der Waals surface area contributed by atoms with Crippen molar-refractivity contribution >= 4 is 35.6 Å². The van der Waals surface area contributed by atoms with Gasteiger partial charge < -0.3 is 20.3 Å². The maximum Gasteiger partial charge on any atom is 0.191 e. The summed E-state index contributed by atoms with van der Waals surface area (Å²) >= 11 is 0. The molecule has 2 aromatic rings. The van der Waals surface area contributed by atoms with Gasteiger partial charge in [-0.05, 0) is 56.0 Å². The largest absolute Gasteiger partial charge is 0.381 e. The van der Waals surface area contributed by atoms with Crippen LogP contribution >= 0.6 is 24.0 Å². The number of rotatable bonds is 6. The number of guanidine groups is 1. The maximum absolute atomic E-state index is 14.0. The first-order chi connectivity index (χ1) is 15.2. The number of benzene rings is 2. The molecule has 0 aliphatic carbocycles. The quantitative estimate of drug-likeness (QED) is 0.319. The molecule has 2 fully saturated rings. The van der Waals surface area contributed by atoms with Gasteiger partial charge in [-0.3, -0.25) is 4.99 Å². The molecule has 2 aliphatic rings. The van der Waals surface area contributed by atoms with Crippen LogP contribution in [-0.4, -0.2) is 51.4 Å². The predicted octanol–water partition coefficient (Wildman–Crippen LogP) is 4.33. The van der Waals surface area contributed by atoms with Gasteiger partial charge in [0, 0.05) is 50.0 Å². The third kappa shape index (κ3) is 6.13. The van der Waals surface area contributed by atoms with E-state index in [0.717, 1.165) is 50.4 Å². The summed E-state index contributed by atoms with van der Waals surface area (Å²) < 4.78 is 19.6. The first-order valence-corrected chi connectivity index (χ1v) is 11.4. The lowest BCUT2D eigenvalue weighted by Crippen LogP contribution is -2.46. The van der Waals surface area contributed by atoms with Crippen LogP contribution in [0.3, 0.4) is 0 Å². The Morgan fingerprint density at radius 3 is 2.66 bits per heavy atom. The van der Waals surface area contributed by atoms with E-state index >= 15 is 0 Å². The fraction of sp³-hybridized carbons (Fsp3) is 0.480. The number of anilines is 1. The van der Waals surface area contributed by atoms with Gasteiger partial charge in [0.1, 0.15) is 5.82 Å². The molecule has 4 rings (SSSR count). The number of ether oxygens (including phenoxy) is 1. The zero-order valence-corrected chi connectivity index (χ0v) is 21.1. The van der Waals surface area contributed by atoms with E-state index < -0.39 is 0 Å². The first kappa shape index (κ1) is 24.8. The Labute approximate surface area is 207 Å². The number of hydrogen-bond acceptors (Lipinski definition) is 3. The van der Waals surface area contributed by atoms with Crippen LogP contribution in [-0.2, 0) is 10.2 Å². The average Bonchev–Trinajstić information content (AvgIpc) is 3.27. The van der Waals surface area contributed by atoms with E-state index in [1.807, 2.05) is 6.07 Å². The Morgan fingerprint density at radius 2 is 1.94 bits per heavy atom. The minimum absolute atomic E-state index is 0. The molecule has 2 saturated heterocycles. The van der Waals surface area contributed by atoms with E-state index in [2.05, 4.69) is 52.8 Å². The molecule has 0 amide bonds. The first-order valence-electron chi connectivity index (χ1n) is 11.4. The Morgan fingerprint density at radius 1 is 1.16 bits per heavy atom. The van der Waals surface area contributed by atoms with Gasteiger partial charge in [-0.15, -0.1) is 24.0 Å². The lowest BCUT2D eigenvalue weighted by Gasteiger charge is -2.36. The van der Waals surface area contributed by atoms with Crippen molar-refractivity contribution in [2.45, 2.75) is 37.6 Å². The van der Waals surface area contributed by atoms with Crippen molar-refractivity contribution in [2.24, 2.45) is 4.99 Å². The molecule has 0 saturated carbocycles. The van der Waals surface area contributed by atoms with Gasteiger partial charge in [-0.2, -0.15) is 0 Å². The van der Waals surface area contributed by atoms with E-state index in [9.17, 15) is 4.39 Å². The number of nitrogens with zero attached hydrogens (tertiary/aromatic N) is 2. The lowest BCUT2D eigenvalue weighted by molar-refractivity contribution is 0.0530. The van der Waals surface area contributed by atoms with Gasteiger partial charge in [-0.1, -0.05) is 30.3 Å². The van der Waals surface area contributed by atoms with E-state index in [4.69, 9.17) is 9.73 Å². The Balaban J connectivity index is 0.00000289. The van der Waals surface area contributed by atoms with Crippen LogP contribution < -0.4 is 15.5 Å². The SMILES string of the molecule is CCNC(=NCC1(c2cccc(F)c2)CCOCC1)NC1CCN(c2ccccc2)C1.I. The van der Waals surface area contributed by atoms with Crippen LogP contribution in [0.4, 0.5) is 10.1 Å². The minimum Gasteiger partial charge on any atom is -0.381 e. The molecule has 174 valence electrons. The van der Waals surface area contributed by atoms with Crippen LogP contribution in [0.2, 0.25) is 0 Å². The zero-order chi connectivity index (χ0) is 21.5. The summed E-state index contributed by atoms with van der Waals surface area (Å²) in [6, 6.07) is 17.9. The average molecular weight is 552 g/mol. The molecule has 2 heterocycles. The highest BCUT2D eigenvalue weighted by molar-refractivity contribution is 14.0. The molecule has 1 atom stereocenters. The summed E-state index contributed by atoms with van der Waals surface area (Å²) in [5, 5.41) is 7.03. The number of para-hydroxylation sites is 1. The monoisotopic (exact) mass is 552 g/mol. The molecule has 5 nitrogen and oxygen atoms in total. The van der Waals surface area contributed by atoms with Crippen LogP contribution in [0.15, 0.2) is 59.6 Å². The van der Waals surface area contributed by atoms with Crippen LogP contribution in [0, 0.1) is 5.82 Å². The zero-order valence-electron chi connectivity index (χ0n) is 18.7. The van der Waals surface area contributed by atoms with Gasteiger partial charge >= 0.3 is 0 Å². The number of aliphatic imine (C=N–C) groups is 1. The van der Waals surface area contributed by atoms with Crippen molar-refractivity contribution in [1.82, 2.24) is 10.6 Å². The van der Waals surface area contributed by atoms with Crippen LogP contribution in [0.1, 0.15) is 31.7 Å². The Kier molecular flexibility index (Phi) is 9.16. The van der Waals surface area contributed by atoms with Crippen molar-refractivity contribution in [2.75, 3.05) is 44.3 Å². The summed E-state index contributed by atoms with van der Waals surface area (Å²) in [7, 11) is 0. The molecule has 0 spiro atoms. The van der Waals surface area contributed by atoms with Gasteiger partial charge in [-0.25, -0.2) is 4.39 Å². The van der Waals surface area contributed by atoms with E-state index in [1.54, 1.807) is 12.1 Å². The third-order valence-corrected chi connectivity index (χ3v) is 6.42. The van der Waals surface area contributed by atoms with Crippen molar-refractivity contribution < 1.29 is 9.13 Å². The Bertz CT molecular complexity index is 873. The summed E-state index contributed by atoms with van der Waals surface area (Å²) in [5.41, 5.74) is 2.10. The highest BCUT2D eigenvalue weighted by Crippen LogP contribution is 2.35. The fourth-order valence-electron chi connectivity index (χ4n) is 4.61. The van der Waals surface area contributed by atoms with Crippen molar-refractivity contribution in [3.8, 4) is 0 Å². The molecule has 32 heavy (non-hydrogen) atoms. The number of hydrogen-bond donors (Lipinski definition) is 2. The molecule has 7 heteroatoms. The van der Waals surface area contributed by atoms with Crippen molar-refractivity contribution in [3.63, 3.8) is 0 Å². The molecule has 2 N–H and O–H groups in total. The fourth-order valence-corrected chi connectivity index (χ4v) is 4.61. The summed E-state index contributed by atoms with van der Waals surface area (Å²) in [5.74, 6) is 0.647. The molecule has 0 aromatic heterocycles. The molecule has 1 unspecified atom stereocenters. The molecule has 0 radical (unpaired) electrons. The van der Waals surface area contributed by atoms with Gasteiger partial charge in [0.15, 0.2) is 5.96 Å². The van der Waals surface area contributed by atoms with Gasteiger partial charge in [0.05, 0.1) is 6.54 Å². The van der Waals surface area contributed by atoms with Crippen LogP contribution in [0.25, 0.3) is 0 Å². The number of nitrogens with one attached hydrogen (secondary N) is 2. The molecule has 2 aromatic carbocycles. The summed E-state index contributed by atoms with van der Waals surface area (Å²) in [6.07, 6.45) is 2.78. The predicted molar refractivity (Wildman–Crippen MR) is 140 cm³/mol. The lowest BCUT2D eigenvalue weighted by atomic mass is 9.74. The minimum atomic E-state index is -0.190. The van der Waals surface area contributed by atoms with E-state index in [1.165, 1.54) is 11.8 Å². The maximum atomic E-state index is 14.0. The summed E-state index contributed by atoms with van der Waals surface area (Å²) in [4.78, 5) is 7.39. The standard InChI is InChI=1S/C25H33FN4O.HI/c1-2-27-24(29-22-11-14-30(18-22)23-9-4-3-5-10-23)28-19-25(12-15-31-16-13-25)20-7-6-8-21(26)17-20;/h3-10,17,22H,2,11-16,18-19H2,1H3,(H2,27,28,29);1H. The van der Waals surface area contributed by atoms with Crippen molar-refractivity contribution in [1.29, 1.82) is 0 Å². The smallest absolute Gasteiger partial charge is 0.191 e. The molecule has 2 aliphatic heterocycles. The second-order valence-corrected chi connectivity index (χ2v) is 8.51. The normalized spacial score (nSPS) is 20.5. The molecule has 0 bridgehead atoms. The summed E-state index contributed by atoms with van der Waals surface area (Å²) in [6.45, 7) is 6.86. The number of halogens is 2. The molecular weight excluding hydrogens is 518 g/mol. The van der Waals surface area contributed by atoms with Crippen molar-refractivity contribution in [3.05, 3.63) is 66.0 Å². The second-order valence-electron chi connectivity index (χ2n) is 8.51. The van der Waals surface area contributed by atoms with Gasteiger partial charge in [0.2, 0.25) is 0 Å². The van der Waals surface area contributed by atoms with E-state index in [0.29, 0.717) is 25.8 Å². The van der Waals surface area contributed by atoms with E-state index in [-0.39, 0.29) is 35.2 Å². The van der Waals surface area contributed by atoms with Gasteiger partial charge in [0.25, 0.3) is 0 Å². The topological polar surface area (TPSA) is 48.9 Å². The third-order valence-electron chi connectivity index (χ3n) is 6.42. The Hall–Kier alpha value is -1.87.